The largest absolute Gasteiger partial charge is 0.377 e. The number of benzene rings is 2. The molecule has 0 atom stereocenters. The van der Waals surface area contributed by atoms with Crippen molar-refractivity contribution in [2.75, 3.05) is 0 Å². The van der Waals surface area contributed by atoms with Crippen molar-refractivity contribution >= 4 is 23.1 Å². The van der Waals surface area contributed by atoms with Crippen molar-refractivity contribution in [2.24, 2.45) is 15.9 Å². The van der Waals surface area contributed by atoms with Gasteiger partial charge in [-0.1, -0.05) is 54.2 Å². The molecule has 0 heterocycles. The fraction of sp³-hybridized carbons (Fsp3) is 0.0625. The van der Waals surface area contributed by atoms with E-state index in [4.69, 9.17) is 11.0 Å². The van der Waals surface area contributed by atoms with Gasteiger partial charge >= 0.3 is 0 Å². The summed E-state index contributed by atoms with van der Waals surface area (Å²) >= 11 is 1.44. The predicted octanol–water partition coefficient (Wildman–Crippen LogP) is 3.14. The molecule has 0 aliphatic heterocycles. The van der Waals surface area contributed by atoms with Crippen molar-refractivity contribution in [3.05, 3.63) is 71.3 Å². The molecule has 5 heteroatoms. The van der Waals surface area contributed by atoms with Gasteiger partial charge < -0.3 is 5.73 Å². The van der Waals surface area contributed by atoms with Gasteiger partial charge in [0, 0.05) is 5.75 Å². The van der Waals surface area contributed by atoms with Gasteiger partial charge in [-0.3, -0.25) is 0 Å². The normalized spacial score (nSPS) is 11.5. The van der Waals surface area contributed by atoms with Gasteiger partial charge in [0.1, 0.15) is 0 Å². The van der Waals surface area contributed by atoms with Crippen molar-refractivity contribution in [3.8, 4) is 6.07 Å². The Kier molecular flexibility index (Phi) is 5.56. The summed E-state index contributed by atoms with van der Waals surface area (Å²) in [7, 11) is 0. The second-order valence-corrected chi connectivity index (χ2v) is 5.19. The quantitative estimate of drug-likeness (QED) is 0.535. The Balaban J connectivity index is 1.87. The predicted molar refractivity (Wildman–Crippen MR) is 88.1 cm³/mol. The summed E-state index contributed by atoms with van der Waals surface area (Å²) in [5.74, 6) is 0.766. The summed E-state index contributed by atoms with van der Waals surface area (Å²) in [5, 5.41) is 17.0. The van der Waals surface area contributed by atoms with Gasteiger partial charge in [0.2, 0.25) is 0 Å². The van der Waals surface area contributed by atoms with E-state index in [9.17, 15) is 0 Å². The molecule has 0 unspecified atom stereocenters. The average molecular weight is 294 g/mol. The Hall–Kier alpha value is -2.58. The summed E-state index contributed by atoms with van der Waals surface area (Å²) in [6.07, 6.45) is 1.61. The van der Waals surface area contributed by atoms with Gasteiger partial charge in [0.25, 0.3) is 0 Å². The van der Waals surface area contributed by atoms with Crippen LogP contribution in [-0.4, -0.2) is 11.4 Å². The fourth-order valence-electron chi connectivity index (χ4n) is 1.56. The molecule has 0 spiro atoms. The van der Waals surface area contributed by atoms with E-state index in [0.29, 0.717) is 10.7 Å². The van der Waals surface area contributed by atoms with Gasteiger partial charge in [0.15, 0.2) is 5.17 Å². The van der Waals surface area contributed by atoms with Gasteiger partial charge in [-0.2, -0.15) is 10.4 Å². The highest BCUT2D eigenvalue weighted by molar-refractivity contribution is 8.13. The highest BCUT2D eigenvalue weighted by Crippen LogP contribution is 2.11. The molecule has 0 amide bonds. The van der Waals surface area contributed by atoms with Crippen LogP contribution in [0.5, 0.6) is 0 Å². The maximum Gasteiger partial charge on any atom is 0.180 e. The van der Waals surface area contributed by atoms with Crippen molar-refractivity contribution in [1.29, 1.82) is 5.26 Å². The number of thioether (sulfide) groups is 1. The zero-order chi connectivity index (χ0) is 14.9. The standard InChI is InChI=1S/C16H14N4S/c17-10-13-6-8-14(9-7-13)11-19-20-16(18)21-12-15-4-2-1-3-5-15/h1-9,11H,12H2,(H2,18,20). The summed E-state index contributed by atoms with van der Waals surface area (Å²) in [6.45, 7) is 0. The highest BCUT2D eigenvalue weighted by atomic mass is 32.2. The Morgan fingerprint density at radius 2 is 1.86 bits per heavy atom. The van der Waals surface area contributed by atoms with E-state index in [-0.39, 0.29) is 0 Å². The first-order valence-corrected chi connectivity index (χ1v) is 7.30. The third-order valence-corrected chi connectivity index (χ3v) is 3.49. The Labute approximate surface area is 128 Å². The summed E-state index contributed by atoms with van der Waals surface area (Å²) in [4.78, 5) is 0. The number of rotatable bonds is 4. The molecule has 0 aliphatic rings. The Morgan fingerprint density at radius 1 is 1.14 bits per heavy atom. The summed E-state index contributed by atoms with van der Waals surface area (Å²) in [5.41, 5.74) is 8.47. The van der Waals surface area contributed by atoms with Crippen LogP contribution in [0.2, 0.25) is 0 Å². The van der Waals surface area contributed by atoms with E-state index >= 15 is 0 Å². The number of amidine groups is 1. The molecule has 0 aliphatic carbocycles. The lowest BCUT2D eigenvalue weighted by Gasteiger charge is -1.99. The van der Waals surface area contributed by atoms with Crippen LogP contribution in [-0.2, 0) is 5.75 Å². The van der Waals surface area contributed by atoms with Crippen LogP contribution in [0.15, 0.2) is 64.8 Å². The smallest absolute Gasteiger partial charge is 0.180 e. The zero-order valence-corrected chi connectivity index (χ0v) is 12.1. The molecular weight excluding hydrogens is 280 g/mol. The molecule has 4 nitrogen and oxygen atoms in total. The minimum absolute atomic E-state index is 0.420. The second kappa shape index (κ2) is 7.88. The number of nitrogens with two attached hydrogens (primary N) is 1. The Morgan fingerprint density at radius 3 is 2.52 bits per heavy atom. The Bertz CT molecular complexity index is 670. The van der Waals surface area contributed by atoms with Crippen LogP contribution in [0.3, 0.4) is 0 Å². The molecule has 0 radical (unpaired) electrons. The molecule has 2 aromatic carbocycles. The van der Waals surface area contributed by atoms with Crippen LogP contribution in [0.25, 0.3) is 0 Å². The van der Waals surface area contributed by atoms with E-state index < -0.39 is 0 Å². The van der Waals surface area contributed by atoms with Crippen molar-refractivity contribution in [1.82, 2.24) is 0 Å². The monoisotopic (exact) mass is 294 g/mol. The lowest BCUT2D eigenvalue weighted by Crippen LogP contribution is -2.05. The number of hydrogen-bond acceptors (Lipinski definition) is 4. The third-order valence-electron chi connectivity index (χ3n) is 2.63. The molecular formula is C16H14N4S. The molecule has 0 aromatic heterocycles. The molecule has 21 heavy (non-hydrogen) atoms. The van der Waals surface area contributed by atoms with Gasteiger partial charge in [-0.05, 0) is 23.3 Å². The van der Waals surface area contributed by atoms with Crippen LogP contribution in [0.4, 0.5) is 0 Å². The highest BCUT2D eigenvalue weighted by Gasteiger charge is 1.95. The van der Waals surface area contributed by atoms with Crippen molar-refractivity contribution in [3.63, 3.8) is 0 Å². The lowest BCUT2D eigenvalue weighted by molar-refractivity contribution is 1.25. The number of nitriles is 1. The number of nitrogens with zero attached hydrogens (tertiary/aromatic N) is 3. The first kappa shape index (κ1) is 14.8. The van der Waals surface area contributed by atoms with Crippen molar-refractivity contribution in [2.45, 2.75) is 5.75 Å². The molecule has 2 aromatic rings. The summed E-state index contributed by atoms with van der Waals surface area (Å²) in [6, 6.07) is 19.2. The SMILES string of the molecule is N#Cc1ccc(C=NN=C(N)SCc2ccccc2)cc1. The van der Waals surface area contributed by atoms with Crippen LogP contribution < -0.4 is 5.73 Å². The van der Waals surface area contributed by atoms with E-state index in [0.717, 1.165) is 11.3 Å². The first-order chi connectivity index (χ1) is 10.3. The maximum absolute atomic E-state index is 8.71. The average Bonchev–Trinajstić information content (AvgIpc) is 2.54. The van der Waals surface area contributed by atoms with Crippen LogP contribution >= 0.6 is 11.8 Å². The van der Waals surface area contributed by atoms with E-state index in [1.54, 1.807) is 18.3 Å². The van der Waals surface area contributed by atoms with E-state index in [1.807, 2.05) is 42.5 Å². The summed E-state index contributed by atoms with van der Waals surface area (Å²) < 4.78 is 0. The van der Waals surface area contributed by atoms with Gasteiger partial charge in [0.05, 0.1) is 17.8 Å². The van der Waals surface area contributed by atoms with Crippen LogP contribution in [0, 0.1) is 11.3 Å². The number of hydrogen-bond donors (Lipinski definition) is 1. The molecule has 104 valence electrons. The van der Waals surface area contributed by atoms with Crippen LogP contribution in [0.1, 0.15) is 16.7 Å². The molecule has 0 bridgehead atoms. The maximum atomic E-state index is 8.71. The third kappa shape index (κ3) is 5.13. The lowest BCUT2D eigenvalue weighted by atomic mass is 10.2. The molecule has 0 saturated carbocycles. The van der Waals surface area contributed by atoms with E-state index in [1.165, 1.54) is 17.3 Å². The minimum Gasteiger partial charge on any atom is -0.377 e. The topological polar surface area (TPSA) is 74.5 Å². The molecule has 2 N–H and O–H groups in total. The second-order valence-electron chi connectivity index (χ2n) is 4.19. The van der Waals surface area contributed by atoms with Crippen molar-refractivity contribution < 1.29 is 0 Å². The molecule has 0 saturated heterocycles. The molecule has 0 fully saturated rings. The minimum atomic E-state index is 0.420. The van der Waals surface area contributed by atoms with Gasteiger partial charge in [-0.15, -0.1) is 5.10 Å². The molecule has 2 rings (SSSR count). The van der Waals surface area contributed by atoms with E-state index in [2.05, 4.69) is 16.3 Å². The first-order valence-electron chi connectivity index (χ1n) is 6.31. The fourth-order valence-corrected chi connectivity index (χ4v) is 2.17. The van der Waals surface area contributed by atoms with Gasteiger partial charge in [-0.25, -0.2) is 0 Å². The zero-order valence-electron chi connectivity index (χ0n) is 11.3.